The van der Waals surface area contributed by atoms with Crippen molar-refractivity contribution in [3.63, 3.8) is 0 Å². The third kappa shape index (κ3) is 4.30. The summed E-state index contributed by atoms with van der Waals surface area (Å²) in [6.07, 6.45) is 0.239. The molecule has 0 amide bonds. The molecule has 0 aliphatic carbocycles. The van der Waals surface area contributed by atoms with Gasteiger partial charge >= 0.3 is 0 Å². The van der Waals surface area contributed by atoms with Crippen LogP contribution in [0.5, 0.6) is 0 Å². The standard InChI is InChI=1S/C17H25NO3/c1-12(2)17(18-9-8-14(19)11-20-3)16-10-13-6-4-5-7-15(13)21-16/h4-7,10,12,14,17-19H,8-9,11H2,1-3H3. The molecule has 4 heteroatoms. The van der Waals surface area contributed by atoms with Crippen molar-refractivity contribution in [1.82, 2.24) is 5.32 Å². The SMILES string of the molecule is COCC(O)CCNC(c1cc2ccccc2o1)C(C)C. The van der Waals surface area contributed by atoms with Crippen LogP contribution in [0.15, 0.2) is 34.7 Å². The number of fused-ring (bicyclic) bond motifs is 1. The zero-order chi connectivity index (χ0) is 15.2. The van der Waals surface area contributed by atoms with Gasteiger partial charge in [0.05, 0.1) is 18.8 Å². The van der Waals surface area contributed by atoms with E-state index in [0.29, 0.717) is 18.9 Å². The van der Waals surface area contributed by atoms with Gasteiger partial charge in [0.15, 0.2) is 0 Å². The Kier molecular flexibility index (Phi) is 5.79. The number of nitrogens with one attached hydrogen (secondary N) is 1. The summed E-state index contributed by atoms with van der Waals surface area (Å²) < 4.78 is 10.9. The zero-order valence-corrected chi connectivity index (χ0v) is 13.0. The third-order valence-electron chi connectivity index (χ3n) is 3.62. The molecule has 0 saturated carbocycles. The van der Waals surface area contributed by atoms with E-state index in [1.54, 1.807) is 7.11 Å². The van der Waals surface area contributed by atoms with Crippen LogP contribution in [0, 0.1) is 5.92 Å². The Hall–Kier alpha value is -1.36. The number of benzene rings is 1. The summed E-state index contributed by atoms with van der Waals surface area (Å²) >= 11 is 0. The molecular weight excluding hydrogens is 266 g/mol. The van der Waals surface area contributed by atoms with Crippen LogP contribution < -0.4 is 5.32 Å². The van der Waals surface area contributed by atoms with Crippen LogP contribution in [0.1, 0.15) is 32.1 Å². The largest absolute Gasteiger partial charge is 0.459 e. The van der Waals surface area contributed by atoms with Crippen LogP contribution >= 0.6 is 0 Å². The van der Waals surface area contributed by atoms with Gasteiger partial charge in [0, 0.05) is 12.5 Å². The van der Waals surface area contributed by atoms with E-state index in [9.17, 15) is 5.11 Å². The normalized spacial score (nSPS) is 14.7. The maximum Gasteiger partial charge on any atom is 0.134 e. The van der Waals surface area contributed by atoms with Crippen molar-refractivity contribution >= 4 is 11.0 Å². The minimum atomic E-state index is -0.425. The first kappa shape index (κ1) is 16.0. The van der Waals surface area contributed by atoms with E-state index in [2.05, 4.69) is 31.3 Å². The predicted molar refractivity (Wildman–Crippen MR) is 84.3 cm³/mol. The van der Waals surface area contributed by atoms with Crippen molar-refractivity contribution in [2.45, 2.75) is 32.4 Å². The van der Waals surface area contributed by atoms with Gasteiger partial charge < -0.3 is 19.6 Å². The van der Waals surface area contributed by atoms with Gasteiger partial charge in [-0.25, -0.2) is 0 Å². The van der Waals surface area contributed by atoms with Crippen molar-refractivity contribution in [3.8, 4) is 0 Å². The van der Waals surface area contributed by atoms with E-state index in [4.69, 9.17) is 9.15 Å². The third-order valence-corrected chi connectivity index (χ3v) is 3.62. The molecule has 0 bridgehead atoms. The number of hydrogen-bond acceptors (Lipinski definition) is 4. The molecule has 2 atom stereocenters. The molecule has 1 heterocycles. The van der Waals surface area contributed by atoms with Gasteiger partial charge in [-0.3, -0.25) is 0 Å². The average Bonchev–Trinajstić information content (AvgIpc) is 2.86. The predicted octanol–water partition coefficient (Wildman–Crippen LogP) is 3.12. The molecule has 2 N–H and O–H groups in total. The molecule has 0 aliphatic rings. The monoisotopic (exact) mass is 291 g/mol. The van der Waals surface area contributed by atoms with Crippen molar-refractivity contribution in [1.29, 1.82) is 0 Å². The van der Waals surface area contributed by atoms with Crippen LogP contribution in [0.4, 0.5) is 0 Å². The molecule has 0 spiro atoms. The number of para-hydroxylation sites is 1. The quantitative estimate of drug-likeness (QED) is 0.784. The number of furan rings is 1. The van der Waals surface area contributed by atoms with Gasteiger partial charge in [-0.1, -0.05) is 32.0 Å². The minimum Gasteiger partial charge on any atom is -0.459 e. The van der Waals surface area contributed by atoms with Crippen LogP contribution in [-0.2, 0) is 4.74 Å². The molecule has 1 aromatic carbocycles. The number of aliphatic hydroxyl groups excluding tert-OH is 1. The maximum atomic E-state index is 9.70. The number of ether oxygens (including phenoxy) is 1. The highest BCUT2D eigenvalue weighted by Crippen LogP contribution is 2.28. The van der Waals surface area contributed by atoms with Crippen LogP contribution in [0.2, 0.25) is 0 Å². The molecule has 2 aromatic rings. The zero-order valence-electron chi connectivity index (χ0n) is 13.0. The van der Waals surface area contributed by atoms with Gasteiger partial charge in [-0.15, -0.1) is 0 Å². The Bertz CT molecular complexity index is 517. The van der Waals surface area contributed by atoms with Gasteiger partial charge in [-0.2, -0.15) is 0 Å². The first-order valence-electron chi connectivity index (χ1n) is 7.50. The molecule has 2 unspecified atom stereocenters. The van der Waals surface area contributed by atoms with Crippen molar-refractivity contribution in [2.75, 3.05) is 20.3 Å². The summed E-state index contributed by atoms with van der Waals surface area (Å²) in [5, 5.41) is 14.3. The lowest BCUT2D eigenvalue weighted by Crippen LogP contribution is -2.29. The highest BCUT2D eigenvalue weighted by Gasteiger charge is 2.19. The number of methoxy groups -OCH3 is 1. The molecule has 4 nitrogen and oxygen atoms in total. The molecule has 0 saturated heterocycles. The second-order valence-corrected chi connectivity index (χ2v) is 5.76. The highest BCUT2D eigenvalue weighted by molar-refractivity contribution is 5.77. The van der Waals surface area contributed by atoms with E-state index in [1.165, 1.54) is 0 Å². The Morgan fingerprint density at radius 2 is 2.05 bits per heavy atom. The van der Waals surface area contributed by atoms with Gasteiger partial charge in [-0.05, 0) is 31.0 Å². The van der Waals surface area contributed by atoms with E-state index in [-0.39, 0.29) is 6.04 Å². The molecule has 21 heavy (non-hydrogen) atoms. The fourth-order valence-corrected chi connectivity index (χ4v) is 2.50. The fourth-order valence-electron chi connectivity index (χ4n) is 2.50. The Balaban J connectivity index is 2.01. The lowest BCUT2D eigenvalue weighted by molar-refractivity contribution is 0.0585. The van der Waals surface area contributed by atoms with E-state index >= 15 is 0 Å². The number of rotatable bonds is 8. The second-order valence-electron chi connectivity index (χ2n) is 5.76. The Morgan fingerprint density at radius 3 is 2.71 bits per heavy atom. The summed E-state index contributed by atoms with van der Waals surface area (Å²) in [5.74, 6) is 1.36. The van der Waals surface area contributed by atoms with E-state index in [0.717, 1.165) is 23.3 Å². The fraction of sp³-hybridized carbons (Fsp3) is 0.529. The molecule has 0 radical (unpaired) electrons. The van der Waals surface area contributed by atoms with Crippen LogP contribution in [0.3, 0.4) is 0 Å². The van der Waals surface area contributed by atoms with E-state index in [1.807, 2.05) is 18.2 Å². The topological polar surface area (TPSA) is 54.6 Å². The van der Waals surface area contributed by atoms with Crippen LogP contribution in [-0.4, -0.2) is 31.5 Å². The summed E-state index contributed by atoms with van der Waals surface area (Å²) in [7, 11) is 1.60. The van der Waals surface area contributed by atoms with E-state index < -0.39 is 6.10 Å². The summed E-state index contributed by atoms with van der Waals surface area (Å²) in [5.41, 5.74) is 0.916. The maximum absolute atomic E-state index is 9.70. The number of hydrogen-bond donors (Lipinski definition) is 2. The molecular formula is C17H25NO3. The smallest absolute Gasteiger partial charge is 0.134 e. The first-order chi connectivity index (χ1) is 10.1. The van der Waals surface area contributed by atoms with Gasteiger partial charge in [0.1, 0.15) is 11.3 Å². The Labute approximate surface area is 126 Å². The second kappa shape index (κ2) is 7.59. The minimum absolute atomic E-state index is 0.146. The van der Waals surface area contributed by atoms with Crippen molar-refractivity contribution < 1.29 is 14.3 Å². The molecule has 116 valence electrons. The molecule has 1 aromatic heterocycles. The molecule has 0 fully saturated rings. The molecule has 2 rings (SSSR count). The van der Waals surface area contributed by atoms with Crippen LogP contribution in [0.25, 0.3) is 11.0 Å². The first-order valence-corrected chi connectivity index (χ1v) is 7.50. The molecule has 0 aliphatic heterocycles. The van der Waals surface area contributed by atoms with Gasteiger partial charge in [0.2, 0.25) is 0 Å². The lowest BCUT2D eigenvalue weighted by Gasteiger charge is -2.21. The summed E-state index contributed by atoms with van der Waals surface area (Å²) in [6, 6.07) is 10.3. The highest BCUT2D eigenvalue weighted by atomic mass is 16.5. The Morgan fingerprint density at radius 1 is 1.29 bits per heavy atom. The summed E-state index contributed by atoms with van der Waals surface area (Å²) in [4.78, 5) is 0. The number of aliphatic hydroxyl groups is 1. The van der Waals surface area contributed by atoms with Gasteiger partial charge in [0.25, 0.3) is 0 Å². The average molecular weight is 291 g/mol. The summed E-state index contributed by atoms with van der Waals surface area (Å²) in [6.45, 7) is 5.43. The van der Waals surface area contributed by atoms with Crippen molar-refractivity contribution in [3.05, 3.63) is 36.1 Å². The lowest BCUT2D eigenvalue weighted by atomic mass is 10.0. The van der Waals surface area contributed by atoms with Crippen molar-refractivity contribution in [2.24, 2.45) is 5.92 Å².